The number of hydrogen-bond donors (Lipinski definition) is 2. The molecule has 2 aromatic rings. The second-order valence-electron chi connectivity index (χ2n) is 4.84. The minimum atomic E-state index is -0.272. The van der Waals surface area contributed by atoms with Crippen LogP contribution >= 0.6 is 0 Å². The van der Waals surface area contributed by atoms with Gasteiger partial charge in [0.15, 0.2) is 0 Å². The van der Waals surface area contributed by atoms with Crippen molar-refractivity contribution in [2.24, 2.45) is 0 Å². The first kappa shape index (κ1) is 14.9. The summed E-state index contributed by atoms with van der Waals surface area (Å²) >= 11 is 0. The molecule has 110 valence electrons. The molecule has 4 nitrogen and oxygen atoms in total. The van der Waals surface area contributed by atoms with E-state index in [-0.39, 0.29) is 11.7 Å². The van der Waals surface area contributed by atoms with Gasteiger partial charge in [-0.3, -0.25) is 4.79 Å². The highest BCUT2D eigenvalue weighted by Crippen LogP contribution is 2.19. The molecule has 0 fully saturated rings. The molecule has 1 amide bonds. The highest BCUT2D eigenvalue weighted by Gasteiger charge is 2.11. The van der Waals surface area contributed by atoms with E-state index in [0.717, 1.165) is 16.9 Å². The van der Waals surface area contributed by atoms with Gasteiger partial charge < -0.3 is 15.2 Å². The predicted octanol–water partition coefficient (Wildman–Crippen LogP) is 2.68. The van der Waals surface area contributed by atoms with E-state index in [1.165, 1.54) is 6.07 Å². The van der Waals surface area contributed by atoms with E-state index in [9.17, 15) is 9.90 Å². The average molecular weight is 285 g/mol. The molecule has 21 heavy (non-hydrogen) atoms. The molecule has 0 aromatic heterocycles. The van der Waals surface area contributed by atoms with Gasteiger partial charge in [0.2, 0.25) is 0 Å². The number of carbonyl (C=O) groups is 1. The minimum absolute atomic E-state index is 0.00427. The van der Waals surface area contributed by atoms with E-state index in [1.807, 2.05) is 31.2 Å². The number of para-hydroxylation sites is 1. The summed E-state index contributed by atoms with van der Waals surface area (Å²) in [5.74, 6) is 0.534. The van der Waals surface area contributed by atoms with E-state index in [2.05, 4.69) is 5.32 Å². The van der Waals surface area contributed by atoms with Gasteiger partial charge in [-0.1, -0.05) is 29.8 Å². The predicted molar refractivity (Wildman–Crippen MR) is 81.9 cm³/mol. The number of aryl methyl sites for hydroxylation is 1. The molecule has 0 saturated carbocycles. The Labute approximate surface area is 124 Å². The number of hydrogen-bond acceptors (Lipinski definition) is 3. The van der Waals surface area contributed by atoms with Gasteiger partial charge in [-0.15, -0.1) is 0 Å². The fraction of sp³-hybridized carbons (Fsp3) is 0.235. The van der Waals surface area contributed by atoms with Crippen LogP contribution in [0.25, 0.3) is 0 Å². The molecule has 0 aliphatic rings. The van der Waals surface area contributed by atoms with Crippen molar-refractivity contribution in [1.29, 1.82) is 0 Å². The Morgan fingerprint density at radius 3 is 2.76 bits per heavy atom. The van der Waals surface area contributed by atoms with Gasteiger partial charge in [0.05, 0.1) is 12.7 Å². The summed E-state index contributed by atoms with van der Waals surface area (Å²) < 4.78 is 5.27. The number of amides is 1. The van der Waals surface area contributed by atoms with Gasteiger partial charge in [-0.2, -0.15) is 0 Å². The molecule has 0 aliphatic carbocycles. The van der Waals surface area contributed by atoms with Crippen LogP contribution in [0.5, 0.6) is 11.5 Å². The summed E-state index contributed by atoms with van der Waals surface area (Å²) in [4.78, 5) is 12.1. The fourth-order valence-electron chi connectivity index (χ4n) is 2.15. The Bertz CT molecular complexity index is 638. The number of benzene rings is 2. The number of nitrogens with one attached hydrogen (secondary N) is 1. The highest BCUT2D eigenvalue weighted by molar-refractivity contribution is 5.96. The van der Waals surface area contributed by atoms with Gasteiger partial charge in [0.1, 0.15) is 11.5 Å². The van der Waals surface area contributed by atoms with E-state index in [4.69, 9.17) is 4.74 Å². The average Bonchev–Trinajstić information content (AvgIpc) is 2.50. The quantitative estimate of drug-likeness (QED) is 0.888. The molecule has 0 radical (unpaired) electrons. The number of ether oxygens (including phenoxy) is 1. The normalized spacial score (nSPS) is 10.2. The Morgan fingerprint density at radius 2 is 2.00 bits per heavy atom. The molecule has 0 unspecified atom stereocenters. The third kappa shape index (κ3) is 3.75. The van der Waals surface area contributed by atoms with Gasteiger partial charge in [-0.25, -0.2) is 0 Å². The van der Waals surface area contributed by atoms with Crippen LogP contribution in [-0.2, 0) is 6.42 Å². The molecule has 0 aliphatic heterocycles. The number of aromatic hydroxyl groups is 1. The Balaban J connectivity index is 1.97. The molecule has 2 rings (SSSR count). The standard InChI is InChI=1S/C17H19NO3/c1-12-7-8-15(19)14(11-12)17(20)18-10-9-13-5-3-4-6-16(13)21-2/h3-8,11,19H,9-10H2,1-2H3,(H,18,20). The lowest BCUT2D eigenvalue weighted by atomic mass is 10.1. The maximum atomic E-state index is 12.1. The topological polar surface area (TPSA) is 58.6 Å². The Kier molecular flexibility index (Phi) is 4.82. The van der Waals surface area contributed by atoms with Gasteiger partial charge >= 0.3 is 0 Å². The molecule has 0 saturated heterocycles. The van der Waals surface area contributed by atoms with Crippen molar-refractivity contribution in [2.75, 3.05) is 13.7 Å². The second-order valence-corrected chi connectivity index (χ2v) is 4.84. The maximum absolute atomic E-state index is 12.1. The Hall–Kier alpha value is -2.49. The monoisotopic (exact) mass is 285 g/mol. The lowest BCUT2D eigenvalue weighted by Gasteiger charge is -2.10. The van der Waals surface area contributed by atoms with Crippen LogP contribution in [0.15, 0.2) is 42.5 Å². The summed E-state index contributed by atoms with van der Waals surface area (Å²) in [5, 5.41) is 12.5. The summed E-state index contributed by atoms with van der Waals surface area (Å²) in [6.07, 6.45) is 0.669. The van der Waals surface area contributed by atoms with E-state index in [1.54, 1.807) is 19.2 Å². The third-order valence-corrected chi connectivity index (χ3v) is 3.27. The van der Waals surface area contributed by atoms with Crippen LogP contribution in [0, 0.1) is 6.92 Å². The van der Waals surface area contributed by atoms with Crippen molar-refractivity contribution < 1.29 is 14.6 Å². The lowest BCUT2D eigenvalue weighted by Crippen LogP contribution is -2.25. The van der Waals surface area contributed by atoms with E-state index >= 15 is 0 Å². The Morgan fingerprint density at radius 1 is 1.24 bits per heavy atom. The van der Waals surface area contributed by atoms with Crippen molar-refractivity contribution in [3.05, 3.63) is 59.2 Å². The molecule has 4 heteroatoms. The van der Waals surface area contributed by atoms with E-state index < -0.39 is 0 Å². The largest absolute Gasteiger partial charge is 0.507 e. The zero-order chi connectivity index (χ0) is 15.2. The molecular weight excluding hydrogens is 266 g/mol. The highest BCUT2D eigenvalue weighted by atomic mass is 16.5. The van der Waals surface area contributed by atoms with Crippen LogP contribution in [0.1, 0.15) is 21.5 Å². The zero-order valence-corrected chi connectivity index (χ0v) is 12.2. The minimum Gasteiger partial charge on any atom is -0.507 e. The molecule has 2 N–H and O–H groups in total. The van der Waals surface area contributed by atoms with Crippen molar-refractivity contribution in [3.8, 4) is 11.5 Å². The lowest BCUT2D eigenvalue weighted by molar-refractivity contribution is 0.0951. The smallest absolute Gasteiger partial charge is 0.255 e. The summed E-state index contributed by atoms with van der Waals surface area (Å²) in [6.45, 7) is 2.36. The summed E-state index contributed by atoms with van der Waals surface area (Å²) in [7, 11) is 1.63. The van der Waals surface area contributed by atoms with Gasteiger partial charge in [0.25, 0.3) is 5.91 Å². The molecule has 0 spiro atoms. The van der Waals surface area contributed by atoms with Crippen LogP contribution in [0.4, 0.5) is 0 Å². The van der Waals surface area contributed by atoms with E-state index in [0.29, 0.717) is 18.5 Å². The zero-order valence-electron chi connectivity index (χ0n) is 12.2. The van der Waals surface area contributed by atoms with Crippen LogP contribution in [0.2, 0.25) is 0 Å². The number of phenolic OH excluding ortho intramolecular Hbond substituents is 1. The molecular formula is C17H19NO3. The van der Waals surface area contributed by atoms with Gasteiger partial charge in [-0.05, 0) is 37.1 Å². The first-order chi connectivity index (χ1) is 10.1. The first-order valence-corrected chi connectivity index (χ1v) is 6.81. The van der Waals surface area contributed by atoms with Crippen LogP contribution in [0.3, 0.4) is 0 Å². The number of carbonyl (C=O) groups excluding carboxylic acids is 1. The fourth-order valence-corrected chi connectivity index (χ4v) is 2.15. The van der Waals surface area contributed by atoms with Gasteiger partial charge in [0, 0.05) is 6.54 Å². The maximum Gasteiger partial charge on any atom is 0.255 e. The molecule has 2 aromatic carbocycles. The summed E-state index contributed by atoms with van der Waals surface area (Å²) in [5.41, 5.74) is 2.27. The molecule has 0 bridgehead atoms. The number of rotatable bonds is 5. The first-order valence-electron chi connectivity index (χ1n) is 6.81. The van der Waals surface area contributed by atoms with Crippen molar-refractivity contribution in [2.45, 2.75) is 13.3 Å². The van der Waals surface area contributed by atoms with Crippen molar-refractivity contribution >= 4 is 5.91 Å². The third-order valence-electron chi connectivity index (χ3n) is 3.27. The SMILES string of the molecule is COc1ccccc1CCNC(=O)c1cc(C)ccc1O. The van der Waals surface area contributed by atoms with Crippen LogP contribution in [-0.4, -0.2) is 24.7 Å². The van der Waals surface area contributed by atoms with Crippen molar-refractivity contribution in [3.63, 3.8) is 0 Å². The number of methoxy groups -OCH3 is 1. The molecule has 0 heterocycles. The number of phenols is 1. The van der Waals surface area contributed by atoms with Crippen molar-refractivity contribution in [1.82, 2.24) is 5.32 Å². The molecule has 0 atom stereocenters. The second kappa shape index (κ2) is 6.79. The van der Waals surface area contributed by atoms with Crippen LogP contribution < -0.4 is 10.1 Å². The summed E-state index contributed by atoms with van der Waals surface area (Å²) in [6, 6.07) is 12.7.